The van der Waals surface area contributed by atoms with E-state index in [4.69, 9.17) is 0 Å². The van der Waals surface area contributed by atoms with Gasteiger partial charge < -0.3 is 10.2 Å². The van der Waals surface area contributed by atoms with E-state index in [2.05, 4.69) is 4.98 Å². The predicted molar refractivity (Wildman–Crippen MR) is 72.8 cm³/mol. The smallest absolute Gasteiger partial charge is 0.224 e. The molecule has 20 heavy (non-hydrogen) atoms. The SMILES string of the molecule is O=C(c1nc2ccc(O)cc2s1)c1cccc(O)c1F. The summed E-state index contributed by atoms with van der Waals surface area (Å²) in [7, 11) is 0. The molecule has 2 N–H and O–H groups in total. The number of hydrogen-bond donors (Lipinski definition) is 2. The Hall–Kier alpha value is -2.47. The van der Waals surface area contributed by atoms with E-state index in [9.17, 15) is 19.4 Å². The lowest BCUT2D eigenvalue weighted by Gasteiger charge is -2.00. The molecule has 0 aliphatic rings. The summed E-state index contributed by atoms with van der Waals surface area (Å²) in [6, 6.07) is 8.39. The first-order valence-electron chi connectivity index (χ1n) is 5.68. The molecule has 0 fully saturated rings. The second-order valence-electron chi connectivity index (χ2n) is 4.14. The van der Waals surface area contributed by atoms with E-state index in [1.807, 2.05) is 0 Å². The van der Waals surface area contributed by atoms with Crippen molar-refractivity contribution in [2.45, 2.75) is 0 Å². The molecule has 0 unspecified atom stereocenters. The number of rotatable bonds is 2. The van der Waals surface area contributed by atoms with Gasteiger partial charge in [-0.1, -0.05) is 6.07 Å². The quantitative estimate of drug-likeness (QED) is 0.711. The summed E-state index contributed by atoms with van der Waals surface area (Å²) < 4.78 is 14.4. The van der Waals surface area contributed by atoms with E-state index in [1.165, 1.54) is 30.3 Å². The summed E-state index contributed by atoms with van der Waals surface area (Å²) in [5.41, 5.74) is 0.324. The molecule has 0 spiro atoms. The van der Waals surface area contributed by atoms with Crippen LogP contribution < -0.4 is 0 Å². The van der Waals surface area contributed by atoms with Crippen LogP contribution in [0.15, 0.2) is 36.4 Å². The van der Waals surface area contributed by atoms with E-state index < -0.39 is 17.3 Å². The molecule has 0 radical (unpaired) electrons. The van der Waals surface area contributed by atoms with Crippen molar-refractivity contribution in [1.82, 2.24) is 4.98 Å². The first kappa shape index (κ1) is 12.6. The number of benzene rings is 2. The van der Waals surface area contributed by atoms with E-state index in [1.54, 1.807) is 6.07 Å². The molecule has 0 amide bonds. The van der Waals surface area contributed by atoms with Gasteiger partial charge in [0.05, 0.1) is 15.8 Å². The molecule has 0 saturated carbocycles. The topological polar surface area (TPSA) is 70.4 Å². The largest absolute Gasteiger partial charge is 0.508 e. The van der Waals surface area contributed by atoms with Gasteiger partial charge in [0.25, 0.3) is 0 Å². The van der Waals surface area contributed by atoms with Gasteiger partial charge in [0.15, 0.2) is 16.6 Å². The standard InChI is InChI=1S/C14H8FNO3S/c15-12-8(2-1-3-10(12)18)13(19)14-16-9-5-4-7(17)6-11(9)20-14/h1-6,17-18H. The summed E-state index contributed by atoms with van der Waals surface area (Å²) in [5.74, 6) is -2.06. The van der Waals surface area contributed by atoms with Crippen molar-refractivity contribution in [3.05, 3.63) is 52.8 Å². The first-order chi connectivity index (χ1) is 9.56. The molecule has 3 rings (SSSR count). The summed E-state index contributed by atoms with van der Waals surface area (Å²) in [4.78, 5) is 16.3. The van der Waals surface area contributed by atoms with Crippen LogP contribution in [0.25, 0.3) is 10.2 Å². The minimum Gasteiger partial charge on any atom is -0.508 e. The number of nitrogens with zero attached hydrogens (tertiary/aromatic N) is 1. The average Bonchev–Trinajstić information content (AvgIpc) is 2.84. The zero-order valence-electron chi connectivity index (χ0n) is 10.0. The van der Waals surface area contributed by atoms with E-state index in [0.717, 1.165) is 11.3 Å². The number of hydrogen-bond acceptors (Lipinski definition) is 5. The fourth-order valence-electron chi connectivity index (χ4n) is 1.82. The number of phenolic OH excluding ortho intramolecular Hbond substituents is 2. The Morgan fingerprint density at radius 2 is 2.00 bits per heavy atom. The number of fused-ring (bicyclic) bond motifs is 1. The zero-order valence-corrected chi connectivity index (χ0v) is 10.8. The van der Waals surface area contributed by atoms with Crippen LogP contribution in [0, 0.1) is 5.82 Å². The van der Waals surface area contributed by atoms with Crippen LogP contribution >= 0.6 is 11.3 Å². The summed E-state index contributed by atoms with van der Waals surface area (Å²) >= 11 is 1.06. The van der Waals surface area contributed by atoms with Crippen LogP contribution in [-0.4, -0.2) is 21.0 Å². The molecular weight excluding hydrogens is 281 g/mol. The summed E-state index contributed by atoms with van der Waals surface area (Å²) in [5, 5.41) is 18.8. The number of ketones is 1. The van der Waals surface area contributed by atoms with Crippen molar-refractivity contribution in [3.8, 4) is 11.5 Å². The van der Waals surface area contributed by atoms with Crippen LogP contribution in [0.4, 0.5) is 4.39 Å². The number of aromatic hydroxyl groups is 2. The van der Waals surface area contributed by atoms with Crippen molar-refractivity contribution in [2.24, 2.45) is 0 Å². The maximum Gasteiger partial charge on any atom is 0.224 e. The summed E-state index contributed by atoms with van der Waals surface area (Å²) in [6.07, 6.45) is 0. The number of aromatic nitrogens is 1. The molecule has 2 aromatic carbocycles. The fraction of sp³-hybridized carbons (Fsp3) is 0. The Kier molecular flexibility index (Phi) is 2.87. The third kappa shape index (κ3) is 2.00. The molecule has 1 heterocycles. The predicted octanol–water partition coefficient (Wildman–Crippen LogP) is 3.08. The molecule has 0 aliphatic heterocycles. The molecule has 3 aromatic rings. The second-order valence-corrected chi connectivity index (χ2v) is 5.17. The maximum atomic E-state index is 13.7. The van der Waals surface area contributed by atoms with Gasteiger partial charge in [-0.15, -0.1) is 11.3 Å². The third-order valence-corrected chi connectivity index (χ3v) is 3.81. The van der Waals surface area contributed by atoms with Crippen LogP contribution in [-0.2, 0) is 0 Å². The van der Waals surface area contributed by atoms with Crippen molar-refractivity contribution in [1.29, 1.82) is 0 Å². The molecule has 100 valence electrons. The highest BCUT2D eigenvalue weighted by atomic mass is 32.1. The minimum absolute atomic E-state index is 0.0729. The lowest BCUT2D eigenvalue weighted by atomic mass is 10.1. The molecule has 1 aromatic heterocycles. The highest BCUT2D eigenvalue weighted by molar-refractivity contribution is 7.20. The van der Waals surface area contributed by atoms with Gasteiger partial charge in [-0.25, -0.2) is 9.37 Å². The molecule has 0 aliphatic carbocycles. The Labute approximate surface area is 116 Å². The number of carbonyl (C=O) groups is 1. The highest BCUT2D eigenvalue weighted by Gasteiger charge is 2.20. The molecular formula is C14H8FNO3S. The molecule has 4 nitrogen and oxygen atoms in total. The number of halogens is 1. The van der Waals surface area contributed by atoms with Crippen LogP contribution in [0.3, 0.4) is 0 Å². The molecule has 0 saturated heterocycles. The highest BCUT2D eigenvalue weighted by Crippen LogP contribution is 2.28. The molecule has 0 bridgehead atoms. The Balaban J connectivity index is 2.10. The van der Waals surface area contributed by atoms with Crippen LogP contribution in [0.5, 0.6) is 11.5 Å². The Morgan fingerprint density at radius 1 is 1.20 bits per heavy atom. The number of phenols is 2. The van der Waals surface area contributed by atoms with Crippen molar-refractivity contribution >= 4 is 27.3 Å². The first-order valence-corrected chi connectivity index (χ1v) is 6.49. The van der Waals surface area contributed by atoms with Crippen molar-refractivity contribution in [2.75, 3.05) is 0 Å². The van der Waals surface area contributed by atoms with Gasteiger partial charge in [0, 0.05) is 0 Å². The second kappa shape index (κ2) is 4.57. The van der Waals surface area contributed by atoms with E-state index in [0.29, 0.717) is 10.2 Å². The van der Waals surface area contributed by atoms with E-state index in [-0.39, 0.29) is 16.3 Å². The lowest BCUT2D eigenvalue weighted by Crippen LogP contribution is -2.03. The summed E-state index contributed by atoms with van der Waals surface area (Å²) in [6.45, 7) is 0. The van der Waals surface area contributed by atoms with Crippen molar-refractivity contribution in [3.63, 3.8) is 0 Å². The van der Waals surface area contributed by atoms with Crippen LogP contribution in [0.2, 0.25) is 0 Å². The monoisotopic (exact) mass is 289 g/mol. The maximum absolute atomic E-state index is 13.7. The van der Waals surface area contributed by atoms with Crippen LogP contribution in [0.1, 0.15) is 15.4 Å². The number of carbonyl (C=O) groups excluding carboxylic acids is 1. The lowest BCUT2D eigenvalue weighted by molar-refractivity contribution is 0.103. The van der Waals surface area contributed by atoms with Gasteiger partial charge in [-0.2, -0.15) is 0 Å². The minimum atomic E-state index is -0.959. The average molecular weight is 289 g/mol. The Morgan fingerprint density at radius 3 is 2.80 bits per heavy atom. The van der Waals surface area contributed by atoms with Gasteiger partial charge in [0.1, 0.15) is 5.75 Å². The van der Waals surface area contributed by atoms with Gasteiger partial charge in [-0.05, 0) is 30.3 Å². The van der Waals surface area contributed by atoms with Crippen molar-refractivity contribution < 1.29 is 19.4 Å². The third-order valence-electron chi connectivity index (χ3n) is 2.79. The zero-order chi connectivity index (χ0) is 14.3. The number of thiazole rings is 1. The molecule has 0 atom stereocenters. The molecule has 6 heteroatoms. The Bertz CT molecular complexity index is 828. The van der Waals surface area contributed by atoms with E-state index >= 15 is 0 Å². The van der Waals surface area contributed by atoms with Gasteiger partial charge >= 0.3 is 0 Å². The van der Waals surface area contributed by atoms with Gasteiger partial charge in [0.2, 0.25) is 5.78 Å². The normalized spacial score (nSPS) is 10.8. The fourth-order valence-corrected chi connectivity index (χ4v) is 2.77. The van der Waals surface area contributed by atoms with Gasteiger partial charge in [-0.3, -0.25) is 4.79 Å².